The van der Waals surface area contributed by atoms with Crippen LogP contribution >= 0.6 is 0 Å². The van der Waals surface area contributed by atoms with Gasteiger partial charge in [0.15, 0.2) is 0 Å². The number of nitrogens with zero attached hydrogens (tertiary/aromatic N) is 3. The van der Waals surface area contributed by atoms with Crippen LogP contribution in [0.1, 0.15) is 19.4 Å². The van der Waals surface area contributed by atoms with Gasteiger partial charge in [-0.05, 0) is 19.4 Å². The van der Waals surface area contributed by atoms with Crippen molar-refractivity contribution in [3.63, 3.8) is 0 Å². The van der Waals surface area contributed by atoms with Crippen LogP contribution in [-0.4, -0.2) is 28.6 Å². The molecular formula is C14H18N4O. The number of ether oxygens (including phenoxy) is 1. The molecule has 0 aliphatic carbocycles. The summed E-state index contributed by atoms with van der Waals surface area (Å²) in [7, 11) is 1.61. The first-order valence-corrected chi connectivity index (χ1v) is 6.38. The van der Waals surface area contributed by atoms with Gasteiger partial charge in [0.1, 0.15) is 12.1 Å². The Morgan fingerprint density at radius 3 is 2.74 bits per heavy atom. The van der Waals surface area contributed by atoms with Crippen LogP contribution in [0.25, 0.3) is 11.3 Å². The van der Waals surface area contributed by atoms with Crippen molar-refractivity contribution in [3.8, 4) is 17.1 Å². The van der Waals surface area contributed by atoms with Gasteiger partial charge in [0.05, 0.1) is 12.8 Å². The lowest BCUT2D eigenvalue weighted by atomic mass is 10.1. The molecular weight excluding hydrogens is 240 g/mol. The molecule has 0 saturated heterocycles. The molecule has 0 unspecified atom stereocenters. The molecule has 19 heavy (non-hydrogen) atoms. The van der Waals surface area contributed by atoms with Crippen LogP contribution in [0.2, 0.25) is 0 Å². The van der Waals surface area contributed by atoms with Crippen molar-refractivity contribution in [1.29, 1.82) is 0 Å². The zero-order chi connectivity index (χ0) is 13.7. The zero-order valence-corrected chi connectivity index (χ0v) is 11.5. The fourth-order valence-corrected chi connectivity index (χ4v) is 1.98. The fourth-order valence-electron chi connectivity index (χ4n) is 1.98. The largest absolute Gasteiger partial charge is 0.481 e. The first-order chi connectivity index (χ1) is 9.30. The zero-order valence-electron chi connectivity index (χ0n) is 11.5. The van der Waals surface area contributed by atoms with Gasteiger partial charge < -0.3 is 10.1 Å². The van der Waals surface area contributed by atoms with Crippen LogP contribution < -0.4 is 10.1 Å². The van der Waals surface area contributed by atoms with E-state index in [2.05, 4.69) is 34.1 Å². The second-order valence-corrected chi connectivity index (χ2v) is 4.02. The normalized spacial score (nSPS) is 10.3. The van der Waals surface area contributed by atoms with Crippen LogP contribution in [0.4, 0.5) is 5.82 Å². The molecule has 0 spiro atoms. The average molecular weight is 258 g/mol. The molecule has 1 N–H and O–H groups in total. The van der Waals surface area contributed by atoms with Crippen molar-refractivity contribution < 1.29 is 4.74 Å². The van der Waals surface area contributed by atoms with Gasteiger partial charge in [-0.15, -0.1) is 0 Å². The lowest BCUT2D eigenvalue weighted by molar-refractivity contribution is 0.398. The van der Waals surface area contributed by atoms with Crippen LogP contribution in [-0.2, 0) is 6.42 Å². The Bertz CT molecular complexity index is 557. The summed E-state index contributed by atoms with van der Waals surface area (Å²) in [4.78, 5) is 12.8. The SMILES string of the molecule is CCNc1ncnc(-c2ccnc(OC)c2)c1CC. The van der Waals surface area contributed by atoms with Gasteiger partial charge in [-0.3, -0.25) is 0 Å². The maximum Gasteiger partial charge on any atom is 0.213 e. The Morgan fingerprint density at radius 1 is 1.21 bits per heavy atom. The lowest BCUT2D eigenvalue weighted by Crippen LogP contribution is -2.05. The Labute approximate surface area is 113 Å². The minimum absolute atomic E-state index is 0.586. The van der Waals surface area contributed by atoms with E-state index in [1.807, 2.05) is 12.1 Å². The molecule has 2 aromatic heterocycles. The third kappa shape index (κ3) is 2.81. The predicted octanol–water partition coefficient (Wildman–Crippen LogP) is 2.54. The van der Waals surface area contributed by atoms with E-state index in [-0.39, 0.29) is 0 Å². The topological polar surface area (TPSA) is 59.9 Å². The highest BCUT2D eigenvalue weighted by atomic mass is 16.5. The Morgan fingerprint density at radius 2 is 2.05 bits per heavy atom. The van der Waals surface area contributed by atoms with Gasteiger partial charge in [0.2, 0.25) is 5.88 Å². The van der Waals surface area contributed by atoms with Crippen LogP contribution in [0.3, 0.4) is 0 Å². The highest BCUT2D eigenvalue weighted by Gasteiger charge is 2.11. The molecule has 2 heterocycles. The van der Waals surface area contributed by atoms with Crippen molar-refractivity contribution in [3.05, 3.63) is 30.2 Å². The summed E-state index contributed by atoms with van der Waals surface area (Å²) in [6.45, 7) is 4.99. The third-order valence-corrected chi connectivity index (χ3v) is 2.86. The highest BCUT2D eigenvalue weighted by Crippen LogP contribution is 2.27. The van der Waals surface area contributed by atoms with Gasteiger partial charge in [0.25, 0.3) is 0 Å². The fraction of sp³-hybridized carbons (Fsp3) is 0.357. The van der Waals surface area contributed by atoms with Crippen molar-refractivity contribution in [1.82, 2.24) is 15.0 Å². The predicted molar refractivity (Wildman–Crippen MR) is 75.4 cm³/mol. The first kappa shape index (κ1) is 13.3. The summed E-state index contributed by atoms with van der Waals surface area (Å²) in [6, 6.07) is 3.82. The van der Waals surface area contributed by atoms with Crippen molar-refractivity contribution >= 4 is 5.82 Å². The molecule has 5 heteroatoms. The lowest BCUT2D eigenvalue weighted by Gasteiger charge is -2.12. The molecule has 2 aromatic rings. The summed E-state index contributed by atoms with van der Waals surface area (Å²) in [5, 5.41) is 3.27. The van der Waals surface area contributed by atoms with E-state index in [9.17, 15) is 0 Å². The number of hydrogen-bond acceptors (Lipinski definition) is 5. The smallest absolute Gasteiger partial charge is 0.213 e. The number of nitrogens with one attached hydrogen (secondary N) is 1. The van der Waals surface area contributed by atoms with Crippen molar-refractivity contribution in [2.45, 2.75) is 20.3 Å². The molecule has 0 radical (unpaired) electrons. The molecule has 0 aromatic carbocycles. The summed E-state index contributed by atoms with van der Waals surface area (Å²) < 4.78 is 5.16. The molecule has 0 bridgehead atoms. The van der Waals surface area contributed by atoms with Crippen molar-refractivity contribution in [2.75, 3.05) is 19.0 Å². The second kappa shape index (κ2) is 6.13. The van der Waals surface area contributed by atoms with E-state index in [4.69, 9.17) is 4.74 Å². The minimum atomic E-state index is 0.586. The van der Waals surface area contributed by atoms with E-state index >= 15 is 0 Å². The molecule has 0 amide bonds. The molecule has 0 atom stereocenters. The number of aromatic nitrogens is 3. The maximum atomic E-state index is 5.16. The van der Waals surface area contributed by atoms with Crippen LogP contribution in [0.5, 0.6) is 5.88 Å². The summed E-state index contributed by atoms with van der Waals surface area (Å²) in [5.41, 5.74) is 3.03. The van der Waals surface area contributed by atoms with E-state index in [0.29, 0.717) is 5.88 Å². The average Bonchev–Trinajstić information content (AvgIpc) is 2.47. The van der Waals surface area contributed by atoms with Crippen LogP contribution in [0.15, 0.2) is 24.7 Å². The number of hydrogen-bond donors (Lipinski definition) is 1. The summed E-state index contributed by atoms with van der Waals surface area (Å²) in [5.74, 6) is 1.48. The Hall–Kier alpha value is -2.17. The second-order valence-electron chi connectivity index (χ2n) is 4.02. The number of anilines is 1. The van der Waals surface area contributed by atoms with E-state index in [0.717, 1.165) is 35.6 Å². The van der Waals surface area contributed by atoms with E-state index < -0.39 is 0 Å². The van der Waals surface area contributed by atoms with Gasteiger partial charge in [-0.1, -0.05) is 6.92 Å². The molecule has 0 aliphatic rings. The van der Waals surface area contributed by atoms with Gasteiger partial charge in [-0.25, -0.2) is 15.0 Å². The quantitative estimate of drug-likeness (QED) is 0.893. The summed E-state index contributed by atoms with van der Waals surface area (Å²) >= 11 is 0. The molecule has 5 nitrogen and oxygen atoms in total. The molecule has 100 valence electrons. The first-order valence-electron chi connectivity index (χ1n) is 6.38. The number of pyridine rings is 1. The highest BCUT2D eigenvalue weighted by molar-refractivity contribution is 5.68. The Balaban J connectivity index is 2.51. The number of methoxy groups -OCH3 is 1. The van der Waals surface area contributed by atoms with Gasteiger partial charge in [0, 0.05) is 29.9 Å². The standard InChI is InChI=1S/C14H18N4O/c1-4-11-13(17-9-18-14(11)15-5-2)10-6-7-16-12(8-10)19-3/h6-9H,4-5H2,1-3H3,(H,15,17,18). The number of rotatable bonds is 5. The van der Waals surface area contributed by atoms with Crippen molar-refractivity contribution in [2.24, 2.45) is 0 Å². The molecule has 0 saturated carbocycles. The van der Waals surface area contributed by atoms with Gasteiger partial charge in [-0.2, -0.15) is 0 Å². The maximum absolute atomic E-state index is 5.16. The van der Waals surface area contributed by atoms with Crippen LogP contribution in [0, 0.1) is 0 Å². The molecule has 2 rings (SSSR count). The Kier molecular flexibility index (Phi) is 4.28. The summed E-state index contributed by atoms with van der Waals surface area (Å²) in [6.07, 6.45) is 4.17. The molecule has 0 aliphatic heterocycles. The monoisotopic (exact) mass is 258 g/mol. The third-order valence-electron chi connectivity index (χ3n) is 2.86. The van der Waals surface area contributed by atoms with E-state index in [1.165, 1.54) is 0 Å². The van der Waals surface area contributed by atoms with E-state index in [1.54, 1.807) is 19.6 Å². The molecule has 0 fully saturated rings. The van der Waals surface area contributed by atoms with Gasteiger partial charge >= 0.3 is 0 Å². The minimum Gasteiger partial charge on any atom is -0.481 e.